The molecule has 4 rings (SSSR count). The van der Waals surface area contributed by atoms with Crippen molar-refractivity contribution in [2.24, 2.45) is 0 Å². The van der Waals surface area contributed by atoms with Crippen LogP contribution in [0.1, 0.15) is 23.9 Å². The molecule has 0 saturated carbocycles. The molecule has 1 aromatic heterocycles. The first kappa shape index (κ1) is 16.8. The topological polar surface area (TPSA) is 50.5 Å². The Labute approximate surface area is 153 Å². The second-order valence-electron chi connectivity index (χ2n) is 6.66. The van der Waals surface area contributed by atoms with E-state index in [1.54, 1.807) is 7.11 Å². The van der Waals surface area contributed by atoms with Crippen molar-refractivity contribution >= 4 is 0 Å². The van der Waals surface area contributed by atoms with Crippen LogP contribution in [-0.2, 0) is 6.54 Å². The van der Waals surface area contributed by atoms with Gasteiger partial charge in [-0.3, -0.25) is 4.90 Å². The first-order valence-electron chi connectivity index (χ1n) is 8.88. The number of aromatic nitrogens is 2. The van der Waals surface area contributed by atoms with Gasteiger partial charge in [0, 0.05) is 30.7 Å². The van der Waals surface area contributed by atoms with Gasteiger partial charge < -0.3 is 14.4 Å². The van der Waals surface area contributed by atoms with Gasteiger partial charge in [0.25, 0.3) is 0 Å². The highest BCUT2D eigenvalue weighted by Gasteiger charge is 2.33. The van der Waals surface area contributed by atoms with Crippen molar-refractivity contribution in [3.05, 3.63) is 78.4 Å². The van der Waals surface area contributed by atoms with E-state index in [1.165, 1.54) is 5.56 Å². The second kappa shape index (κ2) is 7.32. The Hall–Kier alpha value is -2.63. The van der Waals surface area contributed by atoms with E-state index in [0.717, 1.165) is 23.7 Å². The van der Waals surface area contributed by atoms with Crippen molar-refractivity contribution in [1.29, 1.82) is 0 Å². The van der Waals surface area contributed by atoms with Crippen LogP contribution in [0.3, 0.4) is 0 Å². The van der Waals surface area contributed by atoms with Crippen LogP contribution in [0.5, 0.6) is 5.75 Å². The quantitative estimate of drug-likeness (QED) is 0.769. The Morgan fingerprint density at radius 1 is 1.15 bits per heavy atom. The number of para-hydroxylation sites is 1. The highest BCUT2D eigenvalue weighted by atomic mass is 16.5. The molecular weight excluding hydrogens is 326 g/mol. The van der Waals surface area contributed by atoms with Gasteiger partial charge >= 0.3 is 0 Å². The number of β-amino-alcohol motifs (C(OH)–C–C–N with tert-alkyl or cyclic N) is 1. The van der Waals surface area contributed by atoms with Gasteiger partial charge in [-0.25, -0.2) is 4.98 Å². The average Bonchev–Trinajstić information content (AvgIpc) is 3.29. The van der Waals surface area contributed by atoms with Crippen LogP contribution in [0.25, 0.3) is 5.69 Å². The number of likely N-dealkylation sites (tertiary alicyclic amines) is 1. The molecule has 0 bridgehead atoms. The largest absolute Gasteiger partial charge is 0.497 e. The molecule has 1 fully saturated rings. The summed E-state index contributed by atoms with van der Waals surface area (Å²) >= 11 is 0. The van der Waals surface area contributed by atoms with E-state index in [4.69, 9.17) is 4.74 Å². The summed E-state index contributed by atoms with van der Waals surface area (Å²) in [5.74, 6) is 1.81. The van der Waals surface area contributed by atoms with Crippen LogP contribution in [0, 0.1) is 0 Å². The fourth-order valence-corrected chi connectivity index (χ4v) is 3.71. The third kappa shape index (κ3) is 3.36. The number of nitrogens with zero attached hydrogens (tertiary/aromatic N) is 3. The minimum Gasteiger partial charge on any atom is -0.497 e. The maximum absolute atomic E-state index is 10.3. The van der Waals surface area contributed by atoms with Gasteiger partial charge in [-0.05, 0) is 36.2 Å². The first-order valence-corrected chi connectivity index (χ1v) is 8.88. The Morgan fingerprint density at radius 3 is 2.81 bits per heavy atom. The van der Waals surface area contributed by atoms with Gasteiger partial charge in [0.1, 0.15) is 11.6 Å². The lowest BCUT2D eigenvalue weighted by molar-refractivity contribution is 0.171. The van der Waals surface area contributed by atoms with E-state index in [-0.39, 0.29) is 12.1 Å². The minimum atomic E-state index is -0.327. The zero-order valence-corrected chi connectivity index (χ0v) is 14.8. The number of ether oxygens (including phenoxy) is 1. The molecule has 1 saturated heterocycles. The number of hydrogen-bond donors (Lipinski definition) is 1. The van der Waals surface area contributed by atoms with Gasteiger partial charge in [-0.1, -0.05) is 30.3 Å². The van der Waals surface area contributed by atoms with E-state index >= 15 is 0 Å². The summed E-state index contributed by atoms with van der Waals surface area (Å²) < 4.78 is 7.47. The van der Waals surface area contributed by atoms with Crippen LogP contribution in [0.15, 0.2) is 67.0 Å². The van der Waals surface area contributed by atoms with Crippen molar-refractivity contribution in [2.75, 3.05) is 13.7 Å². The maximum Gasteiger partial charge on any atom is 0.127 e. The third-order valence-corrected chi connectivity index (χ3v) is 4.96. The number of hydrogen-bond acceptors (Lipinski definition) is 4. The normalized spacial score (nSPS) is 20.4. The lowest BCUT2D eigenvalue weighted by Crippen LogP contribution is -2.26. The number of rotatable bonds is 5. The number of aliphatic hydroxyl groups excluding tert-OH is 1. The monoisotopic (exact) mass is 349 g/mol. The predicted octanol–water partition coefficient (Wildman–Crippen LogP) is 3.19. The molecule has 5 heteroatoms. The highest BCUT2D eigenvalue weighted by Crippen LogP contribution is 2.34. The summed E-state index contributed by atoms with van der Waals surface area (Å²) in [5, 5.41) is 10.3. The summed E-state index contributed by atoms with van der Waals surface area (Å²) in [6.45, 7) is 1.32. The molecule has 0 amide bonds. The van der Waals surface area contributed by atoms with Crippen LogP contribution >= 0.6 is 0 Å². The summed E-state index contributed by atoms with van der Waals surface area (Å²) in [6, 6.07) is 18.5. The fraction of sp³-hybridized carbons (Fsp3) is 0.286. The Balaban J connectivity index is 1.60. The zero-order valence-electron chi connectivity index (χ0n) is 14.8. The molecule has 0 aliphatic carbocycles. The molecule has 26 heavy (non-hydrogen) atoms. The number of methoxy groups -OCH3 is 1. The Kier molecular flexibility index (Phi) is 4.73. The van der Waals surface area contributed by atoms with Crippen LogP contribution in [0.4, 0.5) is 0 Å². The molecular formula is C21H23N3O2. The SMILES string of the molecule is COc1cccc(C2CC(O)CN2Cc2nccn2-c2ccccc2)c1. The van der Waals surface area contributed by atoms with Gasteiger partial charge in [0.15, 0.2) is 0 Å². The minimum absolute atomic E-state index is 0.154. The molecule has 2 unspecified atom stereocenters. The van der Waals surface area contributed by atoms with Crippen LogP contribution < -0.4 is 4.74 Å². The number of imidazole rings is 1. The standard InChI is InChI=1S/C21H23N3O2/c1-26-19-9-5-6-16(12-19)20-13-18(25)14-23(20)15-21-22-10-11-24(21)17-7-3-2-4-8-17/h2-12,18,20,25H,13-15H2,1H3. The van der Waals surface area contributed by atoms with Crippen LogP contribution in [-0.4, -0.2) is 39.3 Å². The van der Waals surface area contributed by atoms with Crippen molar-refractivity contribution in [2.45, 2.75) is 25.1 Å². The highest BCUT2D eigenvalue weighted by molar-refractivity contribution is 5.33. The van der Waals surface area contributed by atoms with E-state index < -0.39 is 0 Å². The smallest absolute Gasteiger partial charge is 0.127 e. The molecule has 2 aromatic carbocycles. The molecule has 1 N–H and O–H groups in total. The van der Waals surface area contributed by atoms with E-state index in [2.05, 4.69) is 38.7 Å². The van der Waals surface area contributed by atoms with Crippen molar-refractivity contribution in [3.8, 4) is 11.4 Å². The molecule has 2 heterocycles. The summed E-state index contributed by atoms with van der Waals surface area (Å²) in [6.07, 6.45) is 4.21. The van der Waals surface area contributed by atoms with E-state index in [9.17, 15) is 5.11 Å². The van der Waals surface area contributed by atoms with Gasteiger partial charge in [-0.15, -0.1) is 0 Å². The fourth-order valence-electron chi connectivity index (χ4n) is 3.71. The molecule has 1 aliphatic heterocycles. The molecule has 0 spiro atoms. The van der Waals surface area contributed by atoms with Crippen LogP contribution in [0.2, 0.25) is 0 Å². The van der Waals surface area contributed by atoms with Crippen molar-refractivity contribution in [1.82, 2.24) is 14.5 Å². The van der Waals surface area contributed by atoms with E-state index in [0.29, 0.717) is 13.1 Å². The Bertz CT molecular complexity index is 862. The molecule has 3 aromatic rings. The molecule has 2 atom stereocenters. The zero-order chi connectivity index (χ0) is 17.9. The van der Waals surface area contributed by atoms with Crippen molar-refractivity contribution < 1.29 is 9.84 Å². The first-order chi connectivity index (χ1) is 12.7. The molecule has 134 valence electrons. The average molecular weight is 349 g/mol. The second-order valence-corrected chi connectivity index (χ2v) is 6.66. The Morgan fingerprint density at radius 2 is 2.00 bits per heavy atom. The summed E-state index contributed by atoms with van der Waals surface area (Å²) in [5.41, 5.74) is 2.26. The number of aliphatic hydroxyl groups is 1. The summed E-state index contributed by atoms with van der Waals surface area (Å²) in [7, 11) is 1.68. The number of benzene rings is 2. The lowest BCUT2D eigenvalue weighted by Gasteiger charge is -2.24. The van der Waals surface area contributed by atoms with Gasteiger partial charge in [-0.2, -0.15) is 0 Å². The third-order valence-electron chi connectivity index (χ3n) is 4.96. The molecule has 0 radical (unpaired) electrons. The maximum atomic E-state index is 10.3. The van der Waals surface area contributed by atoms with Gasteiger partial charge in [0.05, 0.1) is 19.8 Å². The van der Waals surface area contributed by atoms with Gasteiger partial charge in [0.2, 0.25) is 0 Å². The molecule has 5 nitrogen and oxygen atoms in total. The summed E-state index contributed by atoms with van der Waals surface area (Å²) in [4.78, 5) is 6.85. The predicted molar refractivity (Wildman–Crippen MR) is 100 cm³/mol. The lowest BCUT2D eigenvalue weighted by atomic mass is 10.0. The molecule has 1 aliphatic rings. The van der Waals surface area contributed by atoms with Crippen molar-refractivity contribution in [3.63, 3.8) is 0 Å². The van der Waals surface area contributed by atoms with E-state index in [1.807, 2.05) is 42.7 Å².